The van der Waals surface area contributed by atoms with Crippen LogP contribution in [0.25, 0.3) is 0 Å². The van der Waals surface area contributed by atoms with Crippen molar-refractivity contribution in [3.8, 4) is 17.2 Å². The number of aromatic nitrogens is 1. The average molecular weight is 435 g/mol. The zero-order chi connectivity index (χ0) is 22.8. The van der Waals surface area contributed by atoms with Crippen LogP contribution in [0, 0.1) is 0 Å². The molecule has 0 saturated carbocycles. The lowest BCUT2D eigenvalue weighted by molar-refractivity contribution is -0.123. The number of nitrogens with one attached hydrogen (secondary N) is 2. The Bertz CT molecular complexity index is 1040. The summed E-state index contributed by atoms with van der Waals surface area (Å²) in [6.07, 6.45) is 2.61. The molecule has 0 aliphatic carbocycles. The zero-order valence-electron chi connectivity index (χ0n) is 18.0. The molecule has 0 saturated heterocycles. The summed E-state index contributed by atoms with van der Waals surface area (Å²) >= 11 is 0. The van der Waals surface area contributed by atoms with Crippen LogP contribution in [0.2, 0.25) is 0 Å². The molecular weight excluding hydrogens is 410 g/mol. The number of rotatable bonds is 9. The topological polar surface area (TPSA) is 98.8 Å². The van der Waals surface area contributed by atoms with Gasteiger partial charge in [-0.25, -0.2) is 0 Å². The number of methoxy groups -OCH3 is 1. The van der Waals surface area contributed by atoms with Gasteiger partial charge in [0, 0.05) is 11.8 Å². The number of benzene rings is 2. The van der Waals surface area contributed by atoms with Gasteiger partial charge in [0.25, 0.3) is 11.8 Å². The molecule has 32 heavy (non-hydrogen) atoms. The van der Waals surface area contributed by atoms with Crippen LogP contribution in [0.15, 0.2) is 66.9 Å². The number of carbonyl (C=O) groups is 2. The van der Waals surface area contributed by atoms with E-state index in [2.05, 4.69) is 22.8 Å². The Morgan fingerprint density at radius 3 is 2.44 bits per heavy atom. The summed E-state index contributed by atoms with van der Waals surface area (Å²) in [5.74, 6) is 0.454. The van der Waals surface area contributed by atoms with Gasteiger partial charge in [-0.3, -0.25) is 25.4 Å². The van der Waals surface area contributed by atoms with Crippen LogP contribution in [0.3, 0.4) is 0 Å². The summed E-state index contributed by atoms with van der Waals surface area (Å²) in [5, 5.41) is 0. The maximum absolute atomic E-state index is 12.4. The van der Waals surface area contributed by atoms with Gasteiger partial charge in [0.2, 0.25) is 0 Å². The Morgan fingerprint density at radius 1 is 0.938 bits per heavy atom. The van der Waals surface area contributed by atoms with Crippen molar-refractivity contribution in [2.75, 3.05) is 13.7 Å². The summed E-state index contributed by atoms with van der Waals surface area (Å²) in [6.45, 7) is 2.10. The van der Waals surface area contributed by atoms with Crippen LogP contribution in [0.5, 0.6) is 17.2 Å². The molecule has 166 valence electrons. The SMILES string of the molecule is CCc1ccc(OCC(=O)NNC(=O)c2ccc(OCc3ccccn3)c(OC)c2)cc1. The quantitative estimate of drug-likeness (QED) is 0.501. The highest BCUT2D eigenvalue weighted by molar-refractivity contribution is 5.96. The van der Waals surface area contributed by atoms with Gasteiger partial charge in [-0.2, -0.15) is 0 Å². The Balaban J connectivity index is 1.49. The molecule has 0 unspecified atom stereocenters. The van der Waals surface area contributed by atoms with Crippen LogP contribution in [-0.2, 0) is 17.8 Å². The molecule has 0 spiro atoms. The van der Waals surface area contributed by atoms with Gasteiger partial charge in [-0.15, -0.1) is 0 Å². The predicted molar refractivity (Wildman–Crippen MR) is 118 cm³/mol. The van der Waals surface area contributed by atoms with E-state index in [0.29, 0.717) is 22.8 Å². The number of carbonyl (C=O) groups excluding carboxylic acids is 2. The fourth-order valence-corrected chi connectivity index (χ4v) is 2.77. The minimum atomic E-state index is -0.500. The molecule has 8 heteroatoms. The largest absolute Gasteiger partial charge is 0.493 e. The lowest BCUT2D eigenvalue weighted by atomic mass is 10.2. The van der Waals surface area contributed by atoms with E-state index in [9.17, 15) is 9.59 Å². The molecule has 0 radical (unpaired) electrons. The van der Waals surface area contributed by atoms with E-state index in [1.807, 2.05) is 30.3 Å². The number of pyridine rings is 1. The van der Waals surface area contributed by atoms with E-state index >= 15 is 0 Å². The van der Waals surface area contributed by atoms with E-state index in [-0.39, 0.29) is 13.2 Å². The Labute approximate surface area is 186 Å². The van der Waals surface area contributed by atoms with Crippen LogP contribution >= 0.6 is 0 Å². The standard InChI is InChI=1S/C24H25N3O5/c1-3-17-7-10-20(11-8-17)31-16-23(28)26-27-24(29)18-9-12-21(22(14-18)30-2)32-15-19-6-4-5-13-25-19/h4-14H,3,15-16H2,1-2H3,(H,26,28)(H,27,29). The smallest absolute Gasteiger partial charge is 0.276 e. The highest BCUT2D eigenvalue weighted by Crippen LogP contribution is 2.28. The molecule has 2 aromatic carbocycles. The zero-order valence-corrected chi connectivity index (χ0v) is 18.0. The second kappa shape index (κ2) is 11.4. The third-order valence-corrected chi connectivity index (χ3v) is 4.54. The van der Waals surface area contributed by atoms with Gasteiger partial charge in [-0.05, 0) is 54.4 Å². The van der Waals surface area contributed by atoms with Crippen molar-refractivity contribution in [3.63, 3.8) is 0 Å². The van der Waals surface area contributed by atoms with E-state index in [1.165, 1.54) is 18.7 Å². The molecule has 2 N–H and O–H groups in total. The first kappa shape index (κ1) is 22.6. The van der Waals surface area contributed by atoms with Crippen molar-refractivity contribution < 1.29 is 23.8 Å². The molecule has 3 rings (SSSR count). The highest BCUT2D eigenvalue weighted by Gasteiger charge is 2.13. The Morgan fingerprint density at radius 2 is 1.75 bits per heavy atom. The molecule has 0 bridgehead atoms. The number of nitrogens with zero attached hydrogens (tertiary/aromatic N) is 1. The average Bonchev–Trinajstić information content (AvgIpc) is 2.85. The molecule has 0 fully saturated rings. The number of amides is 2. The van der Waals surface area contributed by atoms with E-state index in [0.717, 1.165) is 12.1 Å². The van der Waals surface area contributed by atoms with Gasteiger partial charge in [0.1, 0.15) is 12.4 Å². The second-order valence-corrected chi connectivity index (χ2v) is 6.76. The monoisotopic (exact) mass is 435 g/mol. The molecule has 0 atom stereocenters. The van der Waals surface area contributed by atoms with Gasteiger partial charge in [-0.1, -0.05) is 25.1 Å². The molecule has 0 aliphatic rings. The van der Waals surface area contributed by atoms with E-state index < -0.39 is 11.8 Å². The number of hydrazine groups is 1. The number of aryl methyl sites for hydroxylation is 1. The van der Waals surface area contributed by atoms with Crippen LogP contribution < -0.4 is 25.1 Å². The van der Waals surface area contributed by atoms with E-state index in [4.69, 9.17) is 14.2 Å². The lowest BCUT2D eigenvalue weighted by Crippen LogP contribution is -2.43. The third-order valence-electron chi connectivity index (χ3n) is 4.54. The van der Waals surface area contributed by atoms with Gasteiger partial charge in [0.15, 0.2) is 18.1 Å². The van der Waals surface area contributed by atoms with Crippen LogP contribution in [0.1, 0.15) is 28.5 Å². The predicted octanol–water partition coefficient (Wildman–Crippen LogP) is 3.07. The lowest BCUT2D eigenvalue weighted by Gasteiger charge is -2.13. The molecular formula is C24H25N3O5. The minimum Gasteiger partial charge on any atom is -0.493 e. The fraction of sp³-hybridized carbons (Fsp3) is 0.208. The van der Waals surface area contributed by atoms with Crippen molar-refractivity contribution in [2.24, 2.45) is 0 Å². The minimum absolute atomic E-state index is 0.227. The number of hydrogen-bond acceptors (Lipinski definition) is 6. The van der Waals surface area contributed by atoms with Crippen LogP contribution in [0.4, 0.5) is 0 Å². The van der Waals surface area contributed by atoms with Gasteiger partial charge >= 0.3 is 0 Å². The second-order valence-electron chi connectivity index (χ2n) is 6.76. The molecule has 0 aliphatic heterocycles. The first-order valence-corrected chi connectivity index (χ1v) is 10.1. The first-order valence-electron chi connectivity index (χ1n) is 10.1. The Hall–Kier alpha value is -4.07. The first-order chi connectivity index (χ1) is 15.6. The maximum Gasteiger partial charge on any atom is 0.276 e. The highest BCUT2D eigenvalue weighted by atomic mass is 16.5. The molecule has 2 amide bonds. The van der Waals surface area contributed by atoms with Crippen molar-refractivity contribution in [1.82, 2.24) is 15.8 Å². The van der Waals surface area contributed by atoms with E-state index in [1.54, 1.807) is 30.5 Å². The summed E-state index contributed by atoms with van der Waals surface area (Å²) in [4.78, 5) is 28.5. The molecule has 1 aromatic heterocycles. The molecule has 3 aromatic rings. The van der Waals surface area contributed by atoms with Crippen molar-refractivity contribution in [2.45, 2.75) is 20.0 Å². The number of hydrogen-bond donors (Lipinski definition) is 2. The molecule has 1 heterocycles. The fourth-order valence-electron chi connectivity index (χ4n) is 2.77. The van der Waals surface area contributed by atoms with Crippen molar-refractivity contribution in [3.05, 3.63) is 83.7 Å². The van der Waals surface area contributed by atoms with Crippen LogP contribution in [-0.4, -0.2) is 30.5 Å². The summed E-state index contributed by atoms with van der Waals surface area (Å²) in [7, 11) is 1.48. The van der Waals surface area contributed by atoms with Crippen molar-refractivity contribution >= 4 is 11.8 Å². The third kappa shape index (κ3) is 6.46. The maximum atomic E-state index is 12.4. The summed E-state index contributed by atoms with van der Waals surface area (Å²) in [6, 6.07) is 17.7. The van der Waals surface area contributed by atoms with Gasteiger partial charge < -0.3 is 14.2 Å². The Kier molecular flexibility index (Phi) is 8.02. The van der Waals surface area contributed by atoms with Gasteiger partial charge in [0.05, 0.1) is 12.8 Å². The normalized spacial score (nSPS) is 10.2. The van der Waals surface area contributed by atoms with Crippen molar-refractivity contribution in [1.29, 1.82) is 0 Å². The summed E-state index contributed by atoms with van der Waals surface area (Å²) in [5.41, 5.74) is 6.93. The molecule has 8 nitrogen and oxygen atoms in total. The number of ether oxygens (including phenoxy) is 3. The summed E-state index contributed by atoms with van der Waals surface area (Å²) < 4.78 is 16.5.